The van der Waals surface area contributed by atoms with Crippen LogP contribution in [0.1, 0.15) is 58.8 Å². The van der Waals surface area contributed by atoms with Gasteiger partial charge in [-0.1, -0.05) is 39.0 Å². The first-order valence-electron chi connectivity index (χ1n) is 5.82. The summed E-state index contributed by atoms with van der Waals surface area (Å²) in [7, 11) is 0. The molecule has 0 aromatic heterocycles. The maximum Gasteiger partial charge on any atom is 0.242 e. The number of nitrogens with zero attached hydrogens (tertiary/aromatic N) is 1. The van der Waals surface area contributed by atoms with Gasteiger partial charge in [0.1, 0.15) is 6.61 Å². The fourth-order valence-corrected chi connectivity index (χ4v) is 1.51. The lowest BCUT2D eigenvalue weighted by atomic mass is 9.95. The second kappa shape index (κ2) is 7.63. The van der Waals surface area contributed by atoms with Gasteiger partial charge in [0.2, 0.25) is 5.54 Å². The molecule has 0 rings (SSSR count). The normalized spacial score (nSPS) is 14.9. The zero-order valence-electron chi connectivity index (χ0n) is 9.87. The van der Waals surface area contributed by atoms with Crippen molar-refractivity contribution >= 4 is 0 Å². The van der Waals surface area contributed by atoms with Gasteiger partial charge in [0, 0.05) is 18.3 Å². The number of hydrogen-bond acceptors (Lipinski definition) is 3. The molecule has 0 heterocycles. The summed E-state index contributed by atoms with van der Waals surface area (Å²) in [5.74, 6) is 0. The van der Waals surface area contributed by atoms with Crippen LogP contribution in [0.2, 0.25) is 0 Å². The van der Waals surface area contributed by atoms with Gasteiger partial charge in [-0.05, 0) is 6.42 Å². The molecule has 0 saturated carbocycles. The Morgan fingerprint density at radius 3 is 2.20 bits per heavy atom. The smallest absolute Gasteiger partial charge is 0.242 e. The summed E-state index contributed by atoms with van der Waals surface area (Å²) < 4.78 is 0. The lowest BCUT2D eigenvalue weighted by molar-refractivity contribution is -0.570. The van der Waals surface area contributed by atoms with Crippen LogP contribution < -0.4 is 0 Å². The van der Waals surface area contributed by atoms with Gasteiger partial charge >= 0.3 is 0 Å². The number of aliphatic hydroxyl groups excluding tert-OH is 1. The predicted octanol–water partition coefficient (Wildman–Crippen LogP) is 2.76. The zero-order chi connectivity index (χ0) is 11.7. The van der Waals surface area contributed by atoms with Gasteiger partial charge < -0.3 is 5.11 Å². The van der Waals surface area contributed by atoms with Crippen molar-refractivity contribution < 1.29 is 10.0 Å². The molecule has 0 amide bonds. The number of aliphatic hydroxyl groups is 1. The Morgan fingerprint density at radius 2 is 1.73 bits per heavy atom. The number of unbranched alkanes of at least 4 members (excludes halogenated alkanes) is 5. The van der Waals surface area contributed by atoms with Crippen LogP contribution in [0.3, 0.4) is 0 Å². The first-order chi connectivity index (χ1) is 7.06. The van der Waals surface area contributed by atoms with Crippen molar-refractivity contribution in [1.29, 1.82) is 0 Å². The van der Waals surface area contributed by atoms with Crippen molar-refractivity contribution in [2.45, 2.75) is 64.3 Å². The fourth-order valence-electron chi connectivity index (χ4n) is 1.51. The molecule has 1 atom stereocenters. The molecule has 0 aliphatic rings. The molecule has 0 radical (unpaired) electrons. The Balaban J connectivity index is 3.60. The zero-order valence-corrected chi connectivity index (χ0v) is 9.87. The number of rotatable bonds is 9. The monoisotopic (exact) mass is 217 g/mol. The highest BCUT2D eigenvalue weighted by Gasteiger charge is 2.35. The molecule has 15 heavy (non-hydrogen) atoms. The Kier molecular flexibility index (Phi) is 7.30. The van der Waals surface area contributed by atoms with Gasteiger partial charge in [-0.3, -0.25) is 10.1 Å². The van der Waals surface area contributed by atoms with Crippen LogP contribution in [-0.4, -0.2) is 22.2 Å². The van der Waals surface area contributed by atoms with Crippen molar-refractivity contribution in [2.75, 3.05) is 6.61 Å². The molecule has 4 nitrogen and oxygen atoms in total. The summed E-state index contributed by atoms with van der Waals surface area (Å²) in [6.07, 6.45) is 7.15. The number of nitro groups is 1. The molecule has 0 spiro atoms. The number of hydrogen-bond donors (Lipinski definition) is 1. The van der Waals surface area contributed by atoms with Gasteiger partial charge in [0.05, 0.1) is 0 Å². The first kappa shape index (κ1) is 14.4. The van der Waals surface area contributed by atoms with Gasteiger partial charge in [-0.25, -0.2) is 0 Å². The molecule has 0 bridgehead atoms. The molecule has 0 aromatic carbocycles. The lowest BCUT2D eigenvalue weighted by Crippen LogP contribution is -2.38. The Bertz CT molecular complexity index is 185. The highest BCUT2D eigenvalue weighted by atomic mass is 16.6. The van der Waals surface area contributed by atoms with Gasteiger partial charge in [0.15, 0.2) is 0 Å². The van der Waals surface area contributed by atoms with E-state index in [1.165, 1.54) is 26.2 Å². The van der Waals surface area contributed by atoms with Crippen LogP contribution >= 0.6 is 0 Å². The van der Waals surface area contributed by atoms with Gasteiger partial charge in [0.25, 0.3) is 0 Å². The van der Waals surface area contributed by atoms with E-state index in [2.05, 4.69) is 6.92 Å². The third-order valence-corrected chi connectivity index (χ3v) is 2.85. The molecule has 1 unspecified atom stereocenters. The Labute approximate surface area is 91.8 Å². The van der Waals surface area contributed by atoms with Crippen molar-refractivity contribution in [3.05, 3.63) is 10.1 Å². The Hall–Kier alpha value is -0.640. The summed E-state index contributed by atoms with van der Waals surface area (Å²) in [5.41, 5.74) is -1.13. The maximum absolute atomic E-state index is 10.7. The van der Waals surface area contributed by atoms with Crippen molar-refractivity contribution in [3.8, 4) is 0 Å². The first-order valence-corrected chi connectivity index (χ1v) is 5.82. The highest BCUT2D eigenvalue weighted by Crippen LogP contribution is 2.18. The van der Waals surface area contributed by atoms with E-state index in [1.807, 2.05) is 0 Å². The molecule has 0 aliphatic heterocycles. The van der Waals surface area contributed by atoms with E-state index in [9.17, 15) is 10.1 Å². The standard InChI is InChI=1S/C11H23NO3/c1-3-4-5-6-7-8-9-11(2,10-13)12(14)15/h13H,3-10H2,1-2H3. The molecule has 90 valence electrons. The quantitative estimate of drug-likeness (QED) is 0.367. The van der Waals surface area contributed by atoms with Crippen molar-refractivity contribution in [3.63, 3.8) is 0 Å². The molecule has 0 aromatic rings. The summed E-state index contributed by atoms with van der Waals surface area (Å²) >= 11 is 0. The SMILES string of the molecule is CCCCCCCCC(C)(CO)[N+](=O)[O-]. The molecule has 0 fully saturated rings. The summed E-state index contributed by atoms with van der Waals surface area (Å²) in [6, 6.07) is 0. The van der Waals surface area contributed by atoms with E-state index in [1.54, 1.807) is 0 Å². The predicted molar refractivity (Wildman–Crippen MR) is 60.5 cm³/mol. The minimum atomic E-state index is -1.13. The lowest BCUT2D eigenvalue weighted by Gasteiger charge is -2.17. The molecule has 0 aliphatic carbocycles. The second-order valence-electron chi connectivity index (χ2n) is 4.43. The largest absolute Gasteiger partial charge is 0.389 e. The van der Waals surface area contributed by atoms with Crippen LogP contribution in [-0.2, 0) is 0 Å². The molecular weight excluding hydrogens is 194 g/mol. The van der Waals surface area contributed by atoms with Crippen molar-refractivity contribution in [2.24, 2.45) is 0 Å². The summed E-state index contributed by atoms with van der Waals surface area (Å²) in [6.45, 7) is 3.31. The minimum absolute atomic E-state index is 0.362. The molecule has 1 N–H and O–H groups in total. The Morgan fingerprint density at radius 1 is 1.20 bits per heavy atom. The van der Waals surface area contributed by atoms with Crippen molar-refractivity contribution in [1.82, 2.24) is 0 Å². The fraction of sp³-hybridized carbons (Fsp3) is 1.00. The van der Waals surface area contributed by atoms with Crippen LogP contribution in [0.15, 0.2) is 0 Å². The third-order valence-electron chi connectivity index (χ3n) is 2.85. The van der Waals surface area contributed by atoms with Gasteiger partial charge in [-0.15, -0.1) is 0 Å². The van der Waals surface area contributed by atoms with Crippen LogP contribution in [0.5, 0.6) is 0 Å². The third kappa shape index (κ3) is 5.72. The maximum atomic E-state index is 10.7. The van der Waals surface area contributed by atoms with E-state index in [0.717, 1.165) is 19.3 Å². The molecule has 0 saturated heterocycles. The molecule has 4 heteroatoms. The average Bonchev–Trinajstić information content (AvgIpc) is 2.22. The highest BCUT2D eigenvalue weighted by molar-refractivity contribution is 4.72. The second-order valence-corrected chi connectivity index (χ2v) is 4.43. The topological polar surface area (TPSA) is 63.4 Å². The van der Waals surface area contributed by atoms with E-state index < -0.39 is 5.54 Å². The molecular formula is C11H23NO3. The van der Waals surface area contributed by atoms with E-state index >= 15 is 0 Å². The average molecular weight is 217 g/mol. The summed E-state index contributed by atoms with van der Waals surface area (Å²) in [4.78, 5) is 10.3. The van der Waals surface area contributed by atoms with Crippen LogP contribution in [0, 0.1) is 10.1 Å². The summed E-state index contributed by atoms with van der Waals surface area (Å²) in [5, 5.41) is 19.6. The van der Waals surface area contributed by atoms with E-state index in [4.69, 9.17) is 5.11 Å². The van der Waals surface area contributed by atoms with E-state index in [-0.39, 0.29) is 11.5 Å². The van der Waals surface area contributed by atoms with Crippen LogP contribution in [0.25, 0.3) is 0 Å². The minimum Gasteiger partial charge on any atom is -0.389 e. The van der Waals surface area contributed by atoms with Crippen LogP contribution in [0.4, 0.5) is 0 Å². The van der Waals surface area contributed by atoms with E-state index in [0.29, 0.717) is 6.42 Å². The van der Waals surface area contributed by atoms with Gasteiger partial charge in [-0.2, -0.15) is 0 Å².